The first-order chi connectivity index (χ1) is 6.65. The Morgan fingerprint density at radius 3 is 2.43 bits per heavy atom. The zero-order valence-corrected chi connectivity index (χ0v) is 9.45. The molecule has 1 fully saturated rings. The molecule has 1 aliphatic rings. The summed E-state index contributed by atoms with van der Waals surface area (Å²) < 4.78 is 4.96. The van der Waals surface area contributed by atoms with Gasteiger partial charge in [-0.1, -0.05) is 13.8 Å². The average molecular weight is 199 g/mol. The third-order valence-corrected chi connectivity index (χ3v) is 3.01. The molecule has 3 heteroatoms. The molecule has 0 bridgehead atoms. The number of nitrogens with zero attached hydrogens (tertiary/aromatic N) is 1. The zero-order valence-electron chi connectivity index (χ0n) is 9.45. The maximum absolute atomic E-state index is 11.4. The fraction of sp³-hybridized carbons (Fsp3) is 0.909. The lowest BCUT2D eigenvalue weighted by Crippen LogP contribution is -2.39. The van der Waals surface area contributed by atoms with Gasteiger partial charge in [0.15, 0.2) is 0 Å². The molecule has 0 aromatic heterocycles. The minimum absolute atomic E-state index is 0.144. The number of hydrogen-bond donors (Lipinski definition) is 0. The second-order valence-corrected chi connectivity index (χ2v) is 4.27. The molecule has 0 aromatic carbocycles. The summed E-state index contributed by atoms with van der Waals surface area (Å²) in [4.78, 5) is 13.2. The van der Waals surface area contributed by atoms with Crippen LogP contribution in [-0.2, 0) is 4.74 Å². The van der Waals surface area contributed by atoms with Gasteiger partial charge in [0.1, 0.15) is 0 Å². The molecule has 0 unspecified atom stereocenters. The van der Waals surface area contributed by atoms with Crippen molar-refractivity contribution in [3.8, 4) is 0 Å². The van der Waals surface area contributed by atoms with Crippen molar-refractivity contribution in [1.29, 1.82) is 0 Å². The standard InChI is InChI=1S/C11H21NO2/c1-4-14-11(13)12-7-5-10(6-8-12)9(2)3/h9-10H,4-8H2,1-3H3. The predicted octanol–water partition coefficient (Wildman–Crippen LogP) is 2.51. The highest BCUT2D eigenvalue weighted by Crippen LogP contribution is 2.24. The first-order valence-corrected chi connectivity index (χ1v) is 5.56. The van der Waals surface area contributed by atoms with E-state index in [0.717, 1.165) is 37.8 Å². The molecule has 0 spiro atoms. The quantitative estimate of drug-likeness (QED) is 0.684. The molecule has 0 saturated carbocycles. The Kier molecular flexibility index (Phi) is 4.23. The molecule has 0 radical (unpaired) electrons. The van der Waals surface area contributed by atoms with E-state index in [2.05, 4.69) is 13.8 Å². The molecule has 0 aromatic rings. The van der Waals surface area contributed by atoms with Crippen LogP contribution in [0.25, 0.3) is 0 Å². The van der Waals surface area contributed by atoms with Crippen molar-refractivity contribution >= 4 is 6.09 Å². The maximum Gasteiger partial charge on any atom is 0.409 e. The second-order valence-electron chi connectivity index (χ2n) is 4.27. The lowest BCUT2D eigenvalue weighted by atomic mass is 9.87. The lowest BCUT2D eigenvalue weighted by Gasteiger charge is -2.33. The fourth-order valence-electron chi connectivity index (χ4n) is 1.96. The normalized spacial score (nSPS) is 18.7. The summed E-state index contributed by atoms with van der Waals surface area (Å²) in [5.41, 5.74) is 0. The Morgan fingerprint density at radius 2 is 2.00 bits per heavy atom. The first kappa shape index (κ1) is 11.3. The number of hydrogen-bond acceptors (Lipinski definition) is 2. The highest BCUT2D eigenvalue weighted by Gasteiger charge is 2.24. The monoisotopic (exact) mass is 199 g/mol. The lowest BCUT2D eigenvalue weighted by molar-refractivity contribution is 0.0865. The summed E-state index contributed by atoms with van der Waals surface area (Å²) in [6, 6.07) is 0. The van der Waals surface area contributed by atoms with Crippen LogP contribution < -0.4 is 0 Å². The Labute approximate surface area is 86.4 Å². The van der Waals surface area contributed by atoms with E-state index < -0.39 is 0 Å². The van der Waals surface area contributed by atoms with Crippen molar-refractivity contribution in [2.24, 2.45) is 11.8 Å². The molecule has 1 heterocycles. The van der Waals surface area contributed by atoms with Gasteiger partial charge in [-0.3, -0.25) is 0 Å². The van der Waals surface area contributed by atoms with Crippen molar-refractivity contribution in [3.05, 3.63) is 0 Å². The molecule has 82 valence electrons. The SMILES string of the molecule is CCOC(=O)N1CCC(C(C)C)CC1. The molecule has 1 amide bonds. The Hall–Kier alpha value is -0.730. The van der Waals surface area contributed by atoms with Gasteiger partial charge in [-0.15, -0.1) is 0 Å². The Morgan fingerprint density at radius 1 is 1.43 bits per heavy atom. The average Bonchev–Trinajstić information content (AvgIpc) is 2.18. The summed E-state index contributed by atoms with van der Waals surface area (Å²) in [6.45, 7) is 8.56. The summed E-state index contributed by atoms with van der Waals surface area (Å²) >= 11 is 0. The summed E-state index contributed by atoms with van der Waals surface area (Å²) in [5, 5.41) is 0. The highest BCUT2D eigenvalue weighted by molar-refractivity contribution is 5.67. The number of carbonyl (C=O) groups is 1. The van der Waals surface area contributed by atoms with Gasteiger partial charge in [0.2, 0.25) is 0 Å². The molecule has 0 atom stereocenters. The van der Waals surface area contributed by atoms with Gasteiger partial charge in [0.05, 0.1) is 6.61 Å². The van der Waals surface area contributed by atoms with Crippen LogP contribution in [0.4, 0.5) is 4.79 Å². The van der Waals surface area contributed by atoms with Crippen LogP contribution in [0.15, 0.2) is 0 Å². The van der Waals surface area contributed by atoms with E-state index in [1.54, 1.807) is 0 Å². The first-order valence-electron chi connectivity index (χ1n) is 5.56. The molecule has 1 saturated heterocycles. The topological polar surface area (TPSA) is 29.5 Å². The van der Waals surface area contributed by atoms with Crippen LogP contribution in [-0.4, -0.2) is 30.7 Å². The van der Waals surface area contributed by atoms with Gasteiger partial charge in [-0.25, -0.2) is 4.79 Å². The minimum atomic E-state index is -0.144. The third kappa shape index (κ3) is 2.89. The summed E-state index contributed by atoms with van der Waals surface area (Å²) in [7, 11) is 0. The number of amides is 1. The van der Waals surface area contributed by atoms with Gasteiger partial charge in [0, 0.05) is 13.1 Å². The van der Waals surface area contributed by atoms with Crippen molar-refractivity contribution in [2.75, 3.05) is 19.7 Å². The van der Waals surface area contributed by atoms with Crippen LogP contribution in [0.5, 0.6) is 0 Å². The molecule has 0 aliphatic carbocycles. The highest BCUT2D eigenvalue weighted by atomic mass is 16.6. The van der Waals surface area contributed by atoms with Crippen LogP contribution in [0.3, 0.4) is 0 Å². The van der Waals surface area contributed by atoms with Crippen LogP contribution >= 0.6 is 0 Å². The number of carbonyl (C=O) groups excluding carboxylic acids is 1. The Bertz CT molecular complexity index is 184. The van der Waals surface area contributed by atoms with E-state index in [0.29, 0.717) is 6.61 Å². The largest absolute Gasteiger partial charge is 0.450 e. The van der Waals surface area contributed by atoms with Gasteiger partial charge >= 0.3 is 6.09 Å². The van der Waals surface area contributed by atoms with E-state index in [1.807, 2.05) is 11.8 Å². The maximum atomic E-state index is 11.4. The van der Waals surface area contributed by atoms with Crippen LogP contribution in [0.2, 0.25) is 0 Å². The van der Waals surface area contributed by atoms with E-state index in [9.17, 15) is 4.79 Å². The van der Waals surface area contributed by atoms with E-state index in [4.69, 9.17) is 4.74 Å². The second kappa shape index (κ2) is 5.23. The third-order valence-electron chi connectivity index (χ3n) is 3.01. The molecule has 0 N–H and O–H groups in total. The van der Waals surface area contributed by atoms with Crippen LogP contribution in [0, 0.1) is 11.8 Å². The number of rotatable bonds is 2. The van der Waals surface area contributed by atoms with Gasteiger partial charge < -0.3 is 9.64 Å². The molecular weight excluding hydrogens is 178 g/mol. The van der Waals surface area contributed by atoms with Gasteiger partial charge in [0.25, 0.3) is 0 Å². The minimum Gasteiger partial charge on any atom is -0.450 e. The fourth-order valence-corrected chi connectivity index (χ4v) is 1.96. The van der Waals surface area contributed by atoms with Crippen LogP contribution in [0.1, 0.15) is 33.6 Å². The predicted molar refractivity (Wildman–Crippen MR) is 56.2 cm³/mol. The van der Waals surface area contributed by atoms with Gasteiger partial charge in [-0.05, 0) is 31.6 Å². The smallest absolute Gasteiger partial charge is 0.409 e. The molecule has 14 heavy (non-hydrogen) atoms. The van der Waals surface area contributed by atoms with Crippen molar-refractivity contribution in [1.82, 2.24) is 4.90 Å². The molecule has 3 nitrogen and oxygen atoms in total. The summed E-state index contributed by atoms with van der Waals surface area (Å²) in [5.74, 6) is 1.51. The number of piperidine rings is 1. The van der Waals surface area contributed by atoms with E-state index in [1.165, 1.54) is 0 Å². The van der Waals surface area contributed by atoms with Crippen molar-refractivity contribution in [2.45, 2.75) is 33.6 Å². The van der Waals surface area contributed by atoms with E-state index >= 15 is 0 Å². The van der Waals surface area contributed by atoms with Crippen molar-refractivity contribution < 1.29 is 9.53 Å². The summed E-state index contributed by atoms with van der Waals surface area (Å²) in [6.07, 6.45) is 2.10. The number of ether oxygens (including phenoxy) is 1. The van der Waals surface area contributed by atoms with Gasteiger partial charge in [-0.2, -0.15) is 0 Å². The van der Waals surface area contributed by atoms with Crippen molar-refractivity contribution in [3.63, 3.8) is 0 Å². The Balaban J connectivity index is 2.31. The van der Waals surface area contributed by atoms with E-state index in [-0.39, 0.29) is 6.09 Å². The number of likely N-dealkylation sites (tertiary alicyclic amines) is 1. The molecular formula is C11H21NO2. The zero-order chi connectivity index (χ0) is 10.6. The molecule has 1 aliphatic heterocycles. The molecule has 1 rings (SSSR count).